The van der Waals surface area contributed by atoms with Crippen LogP contribution in [-0.4, -0.2) is 33.9 Å². The molecule has 31 heavy (non-hydrogen) atoms. The summed E-state index contributed by atoms with van der Waals surface area (Å²) in [5.74, 6) is 2.48. The van der Waals surface area contributed by atoms with Crippen LogP contribution in [0.5, 0.6) is 11.5 Å². The average molecular weight is 437 g/mol. The Balaban J connectivity index is 1.36. The molecule has 1 aliphatic heterocycles. The van der Waals surface area contributed by atoms with Crippen molar-refractivity contribution in [3.63, 3.8) is 0 Å². The van der Waals surface area contributed by atoms with Crippen molar-refractivity contribution in [2.24, 2.45) is 5.92 Å². The van der Waals surface area contributed by atoms with Crippen molar-refractivity contribution >= 4 is 18.1 Å². The fourth-order valence-corrected chi connectivity index (χ4v) is 4.18. The highest BCUT2D eigenvalue weighted by atomic mass is 32.1. The third-order valence-corrected chi connectivity index (χ3v) is 5.98. The third kappa shape index (κ3) is 4.20. The zero-order chi connectivity index (χ0) is 21.4. The maximum atomic E-state index is 13.0. The summed E-state index contributed by atoms with van der Waals surface area (Å²) in [5.41, 5.74) is 3.08. The fourth-order valence-electron chi connectivity index (χ4n) is 3.99. The number of fused-ring (bicyclic) bond motifs is 1. The number of nitrogens with zero attached hydrogens (tertiary/aromatic N) is 2. The van der Waals surface area contributed by atoms with E-state index < -0.39 is 0 Å². The molecule has 1 fully saturated rings. The van der Waals surface area contributed by atoms with Crippen LogP contribution < -0.4 is 14.8 Å². The molecule has 0 saturated heterocycles. The first kappa shape index (κ1) is 19.8. The Morgan fingerprint density at radius 2 is 2.03 bits per heavy atom. The molecule has 1 amide bonds. The number of hydrogen-bond donors (Lipinski definition) is 2. The minimum Gasteiger partial charge on any atom is -0.486 e. The maximum absolute atomic E-state index is 13.0. The fraction of sp³-hybridized carbons (Fsp3) is 0.348. The molecular formula is C23H24N4O3S. The van der Waals surface area contributed by atoms with Crippen molar-refractivity contribution in [3.8, 4) is 22.9 Å². The number of hydrogen-bond acceptors (Lipinski definition) is 5. The summed E-state index contributed by atoms with van der Waals surface area (Å²) >= 11 is 5.40. The van der Waals surface area contributed by atoms with E-state index in [0.29, 0.717) is 29.7 Å². The van der Waals surface area contributed by atoms with Crippen LogP contribution in [0.25, 0.3) is 11.4 Å². The number of ether oxygens (including phenoxy) is 2. The van der Waals surface area contributed by atoms with Gasteiger partial charge < -0.3 is 14.8 Å². The van der Waals surface area contributed by atoms with Crippen molar-refractivity contribution in [2.75, 3.05) is 13.2 Å². The van der Waals surface area contributed by atoms with E-state index in [9.17, 15) is 4.79 Å². The smallest absolute Gasteiger partial charge is 0.240 e. The minimum absolute atomic E-state index is 0.0631. The molecule has 5 rings (SSSR count). The van der Waals surface area contributed by atoms with Gasteiger partial charge in [-0.15, -0.1) is 0 Å². The van der Waals surface area contributed by atoms with Crippen molar-refractivity contribution < 1.29 is 14.3 Å². The molecule has 0 spiro atoms. The highest BCUT2D eigenvalue weighted by molar-refractivity contribution is 7.71. The molecule has 3 aromatic rings. The number of carbonyl (C=O) groups is 1. The molecular weight excluding hydrogens is 412 g/mol. The topological polar surface area (TPSA) is 81.2 Å². The number of aryl methyl sites for hydroxylation is 1. The second-order valence-corrected chi connectivity index (χ2v) is 8.48. The number of aromatic nitrogens is 3. The molecule has 2 heterocycles. The predicted octanol–water partition coefficient (Wildman–Crippen LogP) is 3.95. The zero-order valence-electron chi connectivity index (χ0n) is 17.3. The summed E-state index contributed by atoms with van der Waals surface area (Å²) in [6, 6.07) is 13.8. The van der Waals surface area contributed by atoms with Crippen molar-refractivity contribution in [1.29, 1.82) is 0 Å². The Kier molecular flexibility index (Phi) is 5.23. The first-order valence-corrected chi connectivity index (χ1v) is 10.9. The molecule has 8 heteroatoms. The van der Waals surface area contributed by atoms with Crippen LogP contribution in [0, 0.1) is 17.6 Å². The Labute approximate surface area is 185 Å². The van der Waals surface area contributed by atoms with E-state index in [2.05, 4.69) is 15.5 Å². The normalized spacial score (nSPS) is 16.0. The van der Waals surface area contributed by atoms with Gasteiger partial charge in [0.15, 0.2) is 22.1 Å². The lowest BCUT2D eigenvalue weighted by Gasteiger charge is -2.23. The number of aromatic amines is 1. The van der Waals surface area contributed by atoms with E-state index in [1.54, 1.807) is 4.57 Å². The number of carbonyl (C=O) groups excluding carboxylic acids is 1. The molecule has 2 aliphatic rings. The summed E-state index contributed by atoms with van der Waals surface area (Å²) in [6.45, 7) is 3.23. The molecule has 1 unspecified atom stereocenters. The van der Waals surface area contributed by atoms with Crippen LogP contribution in [0.3, 0.4) is 0 Å². The summed E-state index contributed by atoms with van der Waals surface area (Å²) in [7, 11) is 0. The van der Waals surface area contributed by atoms with E-state index in [4.69, 9.17) is 21.7 Å². The summed E-state index contributed by atoms with van der Waals surface area (Å²) in [4.78, 5) is 13.0. The second kappa shape index (κ2) is 8.19. The number of H-pyrrole nitrogens is 1. The zero-order valence-corrected chi connectivity index (χ0v) is 18.1. The van der Waals surface area contributed by atoms with Crippen LogP contribution >= 0.6 is 12.2 Å². The van der Waals surface area contributed by atoms with Gasteiger partial charge in [-0.1, -0.05) is 29.8 Å². The minimum atomic E-state index is -0.0989. The third-order valence-electron chi connectivity index (χ3n) is 5.67. The van der Waals surface area contributed by atoms with E-state index in [-0.39, 0.29) is 18.5 Å². The molecule has 0 bridgehead atoms. The molecule has 160 valence electrons. The number of benzene rings is 2. The van der Waals surface area contributed by atoms with Crippen LogP contribution in [0.1, 0.15) is 30.0 Å². The molecule has 0 radical (unpaired) electrons. The lowest BCUT2D eigenvalue weighted by molar-refractivity contribution is -0.122. The van der Waals surface area contributed by atoms with E-state index in [1.807, 2.05) is 49.4 Å². The standard InChI is InChI=1S/C23H24N4O3S/c1-14-3-2-4-17(11-14)22-25-26-23(31)27(22)13-20(28)24-21(15-5-6-15)16-7-8-18-19(12-16)30-10-9-29-18/h2-4,7-8,11-12,15,21H,5-6,9-10,13H2,1H3,(H,24,28)(H,26,31). The van der Waals surface area contributed by atoms with Crippen molar-refractivity contribution in [3.05, 3.63) is 58.4 Å². The van der Waals surface area contributed by atoms with Gasteiger partial charge in [0.05, 0.1) is 6.04 Å². The molecule has 2 N–H and O–H groups in total. The molecule has 1 aromatic heterocycles. The van der Waals surface area contributed by atoms with Crippen LogP contribution in [0.15, 0.2) is 42.5 Å². The first-order chi connectivity index (χ1) is 15.1. The van der Waals surface area contributed by atoms with Gasteiger partial charge in [-0.2, -0.15) is 5.10 Å². The van der Waals surface area contributed by atoms with E-state index >= 15 is 0 Å². The van der Waals surface area contributed by atoms with Gasteiger partial charge in [0.1, 0.15) is 19.8 Å². The Hall–Kier alpha value is -3.13. The van der Waals surface area contributed by atoms with Gasteiger partial charge in [0.2, 0.25) is 5.91 Å². The predicted molar refractivity (Wildman–Crippen MR) is 119 cm³/mol. The average Bonchev–Trinajstić information content (AvgIpc) is 3.56. The van der Waals surface area contributed by atoms with Crippen LogP contribution in [-0.2, 0) is 11.3 Å². The maximum Gasteiger partial charge on any atom is 0.240 e. The SMILES string of the molecule is Cc1cccc(-c2n[nH]c(=S)n2CC(=O)NC(c2ccc3c(c2)OCCO3)C2CC2)c1. The lowest BCUT2D eigenvalue weighted by Crippen LogP contribution is -2.33. The Morgan fingerprint density at radius 3 is 2.81 bits per heavy atom. The Morgan fingerprint density at radius 1 is 1.23 bits per heavy atom. The lowest BCUT2D eigenvalue weighted by atomic mass is 10.0. The largest absolute Gasteiger partial charge is 0.486 e. The number of amides is 1. The van der Waals surface area contributed by atoms with Gasteiger partial charge in [-0.3, -0.25) is 14.5 Å². The van der Waals surface area contributed by atoms with E-state index in [0.717, 1.165) is 41.0 Å². The monoisotopic (exact) mass is 436 g/mol. The number of rotatable bonds is 6. The summed E-state index contributed by atoms with van der Waals surface area (Å²) in [6.07, 6.45) is 2.19. The van der Waals surface area contributed by atoms with Crippen LogP contribution in [0.4, 0.5) is 0 Å². The van der Waals surface area contributed by atoms with Crippen molar-refractivity contribution in [1.82, 2.24) is 20.1 Å². The molecule has 1 aliphatic carbocycles. The quantitative estimate of drug-likeness (QED) is 0.572. The highest BCUT2D eigenvalue weighted by Crippen LogP contribution is 2.43. The van der Waals surface area contributed by atoms with Gasteiger partial charge in [0, 0.05) is 5.56 Å². The van der Waals surface area contributed by atoms with E-state index in [1.165, 1.54) is 0 Å². The Bertz CT molecular complexity index is 1180. The van der Waals surface area contributed by atoms with Gasteiger partial charge in [-0.25, -0.2) is 0 Å². The van der Waals surface area contributed by atoms with Gasteiger partial charge in [0.25, 0.3) is 0 Å². The summed E-state index contributed by atoms with van der Waals surface area (Å²) < 4.78 is 13.5. The van der Waals surface area contributed by atoms with Crippen molar-refractivity contribution in [2.45, 2.75) is 32.4 Å². The summed E-state index contributed by atoms with van der Waals surface area (Å²) in [5, 5.41) is 10.4. The van der Waals surface area contributed by atoms with Gasteiger partial charge in [-0.05, 0) is 61.7 Å². The number of nitrogens with one attached hydrogen (secondary N) is 2. The van der Waals surface area contributed by atoms with Gasteiger partial charge >= 0.3 is 0 Å². The molecule has 7 nitrogen and oxygen atoms in total. The first-order valence-electron chi connectivity index (χ1n) is 10.5. The highest BCUT2D eigenvalue weighted by Gasteiger charge is 2.34. The molecule has 1 atom stereocenters. The molecule has 1 saturated carbocycles. The molecule has 2 aromatic carbocycles. The second-order valence-electron chi connectivity index (χ2n) is 8.09. The van der Waals surface area contributed by atoms with Crippen LogP contribution in [0.2, 0.25) is 0 Å².